The predicted octanol–water partition coefficient (Wildman–Crippen LogP) is 5.01. The van der Waals surface area contributed by atoms with E-state index in [0.29, 0.717) is 12.2 Å². The second kappa shape index (κ2) is 8.48. The first-order chi connectivity index (χ1) is 14.2. The topological polar surface area (TPSA) is 84.9 Å². The molecule has 0 atom stereocenters. The Morgan fingerprint density at radius 1 is 1.00 bits per heavy atom. The molecule has 30 heavy (non-hydrogen) atoms. The van der Waals surface area contributed by atoms with Gasteiger partial charge in [0, 0.05) is 11.1 Å². The minimum atomic E-state index is -4.64. The standard InChI is InChI=1S/C21H18F3NO5/c1-29-17-7-2-3-8-18(17)30-16-10-9-12(21(22,23)24)11-15(16)25-19(26)13-5-4-6-14(13)20(27)28/h2-3,7-11H,4-6H2,1H3,(H,25,26)(H,27,28). The molecular weight excluding hydrogens is 403 g/mol. The van der Waals surface area contributed by atoms with E-state index in [-0.39, 0.29) is 41.2 Å². The third-order valence-corrected chi connectivity index (χ3v) is 4.59. The van der Waals surface area contributed by atoms with E-state index in [4.69, 9.17) is 9.47 Å². The lowest BCUT2D eigenvalue weighted by Gasteiger charge is -2.17. The Hall–Kier alpha value is -3.49. The number of aliphatic carboxylic acids is 1. The van der Waals surface area contributed by atoms with Crippen molar-refractivity contribution in [2.75, 3.05) is 12.4 Å². The maximum Gasteiger partial charge on any atom is 0.416 e. The smallest absolute Gasteiger partial charge is 0.416 e. The number of anilines is 1. The zero-order chi connectivity index (χ0) is 21.9. The van der Waals surface area contributed by atoms with Crippen LogP contribution in [0.3, 0.4) is 0 Å². The highest BCUT2D eigenvalue weighted by atomic mass is 19.4. The van der Waals surface area contributed by atoms with E-state index in [9.17, 15) is 27.9 Å². The van der Waals surface area contributed by atoms with Gasteiger partial charge < -0.3 is 19.9 Å². The molecule has 0 spiro atoms. The van der Waals surface area contributed by atoms with Crippen molar-refractivity contribution in [3.05, 3.63) is 59.2 Å². The Labute approximate surface area is 169 Å². The van der Waals surface area contributed by atoms with E-state index in [1.165, 1.54) is 7.11 Å². The molecule has 0 unspecified atom stereocenters. The van der Waals surface area contributed by atoms with Crippen LogP contribution >= 0.6 is 0 Å². The Kier molecular flexibility index (Phi) is 6.00. The maximum atomic E-state index is 13.2. The third-order valence-electron chi connectivity index (χ3n) is 4.59. The molecule has 0 aromatic heterocycles. The molecule has 2 aromatic carbocycles. The molecule has 2 N–H and O–H groups in total. The Morgan fingerprint density at radius 3 is 2.30 bits per heavy atom. The highest BCUT2D eigenvalue weighted by molar-refractivity contribution is 6.09. The molecule has 0 aliphatic heterocycles. The van der Waals surface area contributed by atoms with Gasteiger partial charge in [0.15, 0.2) is 17.2 Å². The summed E-state index contributed by atoms with van der Waals surface area (Å²) in [6.45, 7) is 0. The summed E-state index contributed by atoms with van der Waals surface area (Å²) in [4.78, 5) is 23.9. The second-order valence-electron chi connectivity index (χ2n) is 6.53. The monoisotopic (exact) mass is 421 g/mol. The summed E-state index contributed by atoms with van der Waals surface area (Å²) in [6, 6.07) is 9.19. The lowest BCUT2D eigenvalue weighted by Crippen LogP contribution is -2.17. The first-order valence-electron chi connectivity index (χ1n) is 8.99. The summed E-state index contributed by atoms with van der Waals surface area (Å²) in [5, 5.41) is 11.6. The average Bonchev–Trinajstić information content (AvgIpc) is 3.19. The lowest BCUT2D eigenvalue weighted by atomic mass is 10.1. The predicted molar refractivity (Wildman–Crippen MR) is 102 cm³/mol. The fourth-order valence-electron chi connectivity index (χ4n) is 3.14. The van der Waals surface area contributed by atoms with E-state index in [0.717, 1.165) is 18.2 Å². The quantitative estimate of drug-likeness (QED) is 0.685. The molecule has 0 radical (unpaired) electrons. The van der Waals surface area contributed by atoms with Gasteiger partial charge in [-0.05, 0) is 49.6 Å². The van der Waals surface area contributed by atoms with Gasteiger partial charge in [-0.2, -0.15) is 13.2 Å². The number of ether oxygens (including phenoxy) is 2. The highest BCUT2D eigenvalue weighted by Crippen LogP contribution is 2.39. The van der Waals surface area contributed by atoms with Crippen LogP contribution in [0.2, 0.25) is 0 Å². The third kappa shape index (κ3) is 4.56. The molecule has 0 bridgehead atoms. The van der Waals surface area contributed by atoms with Crippen molar-refractivity contribution in [2.24, 2.45) is 0 Å². The number of benzene rings is 2. The van der Waals surface area contributed by atoms with Crippen LogP contribution in [0, 0.1) is 0 Å². The van der Waals surface area contributed by atoms with Crippen LogP contribution in [0.25, 0.3) is 0 Å². The summed E-state index contributed by atoms with van der Waals surface area (Å²) in [5.74, 6) is -1.44. The van der Waals surface area contributed by atoms with Crippen LogP contribution < -0.4 is 14.8 Å². The van der Waals surface area contributed by atoms with Crippen molar-refractivity contribution >= 4 is 17.6 Å². The number of carboxylic acid groups (broad SMARTS) is 1. The molecule has 9 heteroatoms. The van der Waals surface area contributed by atoms with E-state index in [1.54, 1.807) is 24.3 Å². The van der Waals surface area contributed by atoms with Crippen LogP contribution in [-0.2, 0) is 15.8 Å². The number of carbonyl (C=O) groups excluding carboxylic acids is 1. The zero-order valence-electron chi connectivity index (χ0n) is 15.9. The first kappa shape index (κ1) is 21.2. The normalized spacial score (nSPS) is 13.9. The fraction of sp³-hybridized carbons (Fsp3) is 0.238. The van der Waals surface area contributed by atoms with E-state index >= 15 is 0 Å². The summed E-state index contributed by atoms with van der Waals surface area (Å²) in [7, 11) is 1.41. The van der Waals surface area contributed by atoms with Crippen molar-refractivity contribution in [2.45, 2.75) is 25.4 Å². The Morgan fingerprint density at radius 2 is 1.67 bits per heavy atom. The number of hydrogen-bond acceptors (Lipinski definition) is 4. The number of amides is 1. The molecule has 0 fully saturated rings. The minimum Gasteiger partial charge on any atom is -0.493 e. The van der Waals surface area contributed by atoms with Crippen LogP contribution in [0.15, 0.2) is 53.6 Å². The Bertz CT molecular complexity index is 1010. The van der Waals surface area contributed by atoms with E-state index < -0.39 is 23.6 Å². The molecule has 158 valence electrons. The van der Waals surface area contributed by atoms with Gasteiger partial charge in [-0.25, -0.2) is 4.79 Å². The molecule has 0 saturated carbocycles. The maximum absolute atomic E-state index is 13.2. The van der Waals surface area contributed by atoms with Crippen LogP contribution in [0.1, 0.15) is 24.8 Å². The molecule has 1 aliphatic carbocycles. The molecule has 3 rings (SSSR count). The summed E-state index contributed by atoms with van der Waals surface area (Å²) < 4.78 is 50.4. The van der Waals surface area contributed by atoms with Crippen molar-refractivity contribution in [3.8, 4) is 17.2 Å². The van der Waals surface area contributed by atoms with Gasteiger partial charge in [-0.3, -0.25) is 4.79 Å². The van der Waals surface area contributed by atoms with Gasteiger partial charge in [-0.1, -0.05) is 12.1 Å². The number of halogens is 3. The number of nitrogens with one attached hydrogen (secondary N) is 1. The second-order valence-corrected chi connectivity index (χ2v) is 6.53. The zero-order valence-corrected chi connectivity index (χ0v) is 15.9. The molecule has 0 heterocycles. The fourth-order valence-corrected chi connectivity index (χ4v) is 3.14. The number of methoxy groups -OCH3 is 1. The molecule has 6 nitrogen and oxygen atoms in total. The minimum absolute atomic E-state index is 0.0355. The summed E-state index contributed by atoms with van der Waals surface area (Å²) in [5.41, 5.74) is -1.20. The van der Waals surface area contributed by atoms with Gasteiger partial charge in [0.05, 0.1) is 18.4 Å². The lowest BCUT2D eigenvalue weighted by molar-refractivity contribution is -0.137. The first-order valence-corrected chi connectivity index (χ1v) is 8.99. The van der Waals surface area contributed by atoms with Gasteiger partial charge in [0.2, 0.25) is 0 Å². The number of para-hydroxylation sites is 2. The van der Waals surface area contributed by atoms with Crippen molar-refractivity contribution in [3.63, 3.8) is 0 Å². The average molecular weight is 421 g/mol. The number of alkyl halides is 3. The number of carbonyl (C=O) groups is 2. The molecule has 2 aromatic rings. The largest absolute Gasteiger partial charge is 0.493 e. The number of hydrogen-bond donors (Lipinski definition) is 2. The Balaban J connectivity index is 1.99. The summed E-state index contributed by atoms with van der Waals surface area (Å²) in [6.07, 6.45) is -3.70. The SMILES string of the molecule is COc1ccccc1Oc1ccc(C(F)(F)F)cc1NC(=O)C1=C(C(=O)O)CCC1. The van der Waals surface area contributed by atoms with E-state index in [2.05, 4.69) is 5.32 Å². The van der Waals surface area contributed by atoms with Gasteiger partial charge in [0.25, 0.3) is 5.91 Å². The highest BCUT2D eigenvalue weighted by Gasteiger charge is 2.32. The van der Waals surface area contributed by atoms with Crippen molar-refractivity contribution < 1.29 is 37.3 Å². The van der Waals surface area contributed by atoms with E-state index in [1.807, 2.05) is 0 Å². The molecule has 1 aliphatic rings. The molecular formula is C21H18F3NO5. The molecule has 0 saturated heterocycles. The van der Waals surface area contributed by atoms with Gasteiger partial charge in [-0.15, -0.1) is 0 Å². The number of rotatable bonds is 6. The van der Waals surface area contributed by atoms with Crippen LogP contribution in [-0.4, -0.2) is 24.1 Å². The van der Waals surface area contributed by atoms with Crippen LogP contribution in [0.4, 0.5) is 18.9 Å². The summed E-state index contributed by atoms with van der Waals surface area (Å²) >= 11 is 0. The van der Waals surface area contributed by atoms with Gasteiger partial charge in [0.1, 0.15) is 0 Å². The van der Waals surface area contributed by atoms with Crippen LogP contribution in [0.5, 0.6) is 17.2 Å². The van der Waals surface area contributed by atoms with Crippen molar-refractivity contribution in [1.29, 1.82) is 0 Å². The van der Waals surface area contributed by atoms with Gasteiger partial charge >= 0.3 is 12.1 Å². The van der Waals surface area contributed by atoms with Crippen molar-refractivity contribution in [1.82, 2.24) is 0 Å². The molecule has 1 amide bonds. The number of carboxylic acids is 1.